The maximum Gasteiger partial charge on any atom is 0.469 e. The van der Waals surface area contributed by atoms with Crippen LogP contribution in [0.15, 0.2) is 24.3 Å². The minimum Gasteiger partial charge on any atom is -0.462 e. The Morgan fingerprint density at radius 3 is 1.30 bits per heavy atom. The Kier molecular flexibility index (Phi) is 39.1. The van der Waals surface area contributed by atoms with Gasteiger partial charge in [0.05, 0.1) is 6.61 Å². The van der Waals surface area contributed by atoms with E-state index in [2.05, 4.69) is 18.4 Å². The summed E-state index contributed by atoms with van der Waals surface area (Å²) in [4.78, 5) is 42.7. The Balaban J connectivity index is 3.91. The number of hydrogen-bond donors (Lipinski definition) is 2. The molecular weight excluding hydrogens is 687 g/mol. The van der Waals surface area contributed by atoms with Crippen molar-refractivity contribution in [3.8, 4) is 0 Å². The first kappa shape index (κ1) is 51.5. The van der Waals surface area contributed by atoms with E-state index in [4.69, 9.17) is 19.3 Å². The summed E-state index contributed by atoms with van der Waals surface area (Å²) < 4.78 is 26.2. The lowest BCUT2D eigenvalue weighted by Gasteiger charge is -2.17. The molecule has 0 fully saturated rings. The SMILES string of the molecule is CCCCCCCCCCCCC/C=C/C=C/C(=O)O[C@H](COC(=O)CCCCCCCCCCCCCCCCCCCCCC)COP(=O)(O)O. The summed E-state index contributed by atoms with van der Waals surface area (Å²) in [5.41, 5.74) is 0. The highest BCUT2D eigenvalue weighted by atomic mass is 31.2. The molecule has 0 unspecified atom stereocenters. The molecule has 0 rings (SSSR count). The Morgan fingerprint density at radius 2 is 0.906 bits per heavy atom. The second kappa shape index (κ2) is 40.2. The van der Waals surface area contributed by atoms with E-state index in [9.17, 15) is 14.2 Å². The van der Waals surface area contributed by atoms with Gasteiger partial charge in [0.1, 0.15) is 6.61 Å². The molecule has 0 aromatic carbocycles. The third kappa shape index (κ3) is 43.1. The normalized spacial score (nSPS) is 12.6. The summed E-state index contributed by atoms with van der Waals surface area (Å²) in [6, 6.07) is 0. The zero-order valence-corrected chi connectivity index (χ0v) is 35.3. The van der Waals surface area contributed by atoms with Crippen LogP contribution in [0.2, 0.25) is 0 Å². The topological polar surface area (TPSA) is 119 Å². The average molecular weight is 771 g/mol. The molecule has 0 radical (unpaired) electrons. The van der Waals surface area contributed by atoms with Crippen LogP contribution < -0.4 is 0 Å². The molecule has 0 aromatic rings. The van der Waals surface area contributed by atoms with Gasteiger partial charge >= 0.3 is 19.8 Å². The lowest BCUT2D eigenvalue weighted by molar-refractivity contribution is -0.157. The summed E-state index contributed by atoms with van der Waals surface area (Å²) in [5.74, 6) is -1.13. The van der Waals surface area contributed by atoms with Gasteiger partial charge in [0.2, 0.25) is 0 Å². The van der Waals surface area contributed by atoms with E-state index in [1.807, 2.05) is 6.08 Å². The summed E-state index contributed by atoms with van der Waals surface area (Å²) in [7, 11) is -4.78. The van der Waals surface area contributed by atoms with Gasteiger partial charge in [-0.1, -0.05) is 218 Å². The molecule has 0 aliphatic heterocycles. The van der Waals surface area contributed by atoms with E-state index in [-0.39, 0.29) is 13.0 Å². The second-order valence-electron chi connectivity index (χ2n) is 15.1. The van der Waals surface area contributed by atoms with Crippen LogP contribution in [0.4, 0.5) is 0 Å². The average Bonchev–Trinajstić information content (AvgIpc) is 3.13. The van der Waals surface area contributed by atoms with Crippen molar-refractivity contribution >= 4 is 19.8 Å². The molecule has 0 aliphatic carbocycles. The first-order valence-corrected chi connectivity index (χ1v) is 23.7. The summed E-state index contributed by atoms with van der Waals surface area (Å²) >= 11 is 0. The van der Waals surface area contributed by atoms with E-state index in [1.54, 1.807) is 12.2 Å². The highest BCUT2D eigenvalue weighted by molar-refractivity contribution is 7.46. The number of hydrogen-bond acceptors (Lipinski definition) is 6. The maximum absolute atomic E-state index is 12.3. The van der Waals surface area contributed by atoms with Crippen LogP contribution in [0, 0.1) is 0 Å². The van der Waals surface area contributed by atoms with Crippen LogP contribution in [0.25, 0.3) is 0 Å². The Hall–Kier alpha value is -1.47. The van der Waals surface area contributed by atoms with Crippen molar-refractivity contribution in [1.29, 1.82) is 0 Å². The van der Waals surface area contributed by atoms with E-state index in [0.29, 0.717) is 0 Å². The van der Waals surface area contributed by atoms with Crippen molar-refractivity contribution in [3.63, 3.8) is 0 Å². The number of carbonyl (C=O) groups excluding carboxylic acids is 2. The van der Waals surface area contributed by atoms with Crippen molar-refractivity contribution in [2.75, 3.05) is 13.2 Å². The molecule has 0 heterocycles. The lowest BCUT2D eigenvalue weighted by atomic mass is 10.0. The molecule has 2 N–H and O–H groups in total. The first-order valence-electron chi connectivity index (χ1n) is 22.2. The van der Waals surface area contributed by atoms with Crippen LogP contribution in [0.3, 0.4) is 0 Å². The molecule has 8 nitrogen and oxygen atoms in total. The largest absolute Gasteiger partial charge is 0.469 e. The number of ether oxygens (including phenoxy) is 2. The molecule has 0 aliphatic rings. The standard InChI is InChI=1S/C44H83O8P/c1-3-5-7-9-11-13-15-17-19-20-21-22-23-25-26-28-30-32-34-36-38-43(45)50-40-42(41-51-53(47,48)49)52-44(46)39-37-35-33-31-29-27-24-18-16-14-12-10-8-6-4-2/h33,35,37,39,42H,3-32,34,36,38,40-41H2,1-2H3,(H2,47,48,49)/b35-33+,39-37+/t42-/m1/s1. The van der Waals surface area contributed by atoms with Gasteiger partial charge in [-0.2, -0.15) is 0 Å². The smallest absolute Gasteiger partial charge is 0.462 e. The number of carbonyl (C=O) groups is 2. The molecule has 53 heavy (non-hydrogen) atoms. The molecular formula is C44H83O8P. The van der Waals surface area contributed by atoms with Crippen molar-refractivity contribution in [2.45, 2.75) is 232 Å². The third-order valence-corrected chi connectivity index (χ3v) is 10.3. The predicted molar refractivity (Wildman–Crippen MR) is 221 cm³/mol. The molecule has 0 bridgehead atoms. The highest BCUT2D eigenvalue weighted by Gasteiger charge is 2.22. The molecule has 0 saturated carbocycles. The van der Waals surface area contributed by atoms with Crippen molar-refractivity contribution in [1.82, 2.24) is 0 Å². The zero-order chi connectivity index (χ0) is 38.9. The van der Waals surface area contributed by atoms with E-state index >= 15 is 0 Å². The fraction of sp³-hybridized carbons (Fsp3) is 0.864. The monoisotopic (exact) mass is 771 g/mol. The third-order valence-electron chi connectivity index (χ3n) is 9.83. The van der Waals surface area contributed by atoms with E-state index in [1.165, 1.54) is 179 Å². The molecule has 9 heteroatoms. The summed E-state index contributed by atoms with van der Waals surface area (Å²) in [5, 5.41) is 0. The van der Waals surface area contributed by atoms with Gasteiger partial charge in [-0.25, -0.2) is 9.36 Å². The van der Waals surface area contributed by atoms with Crippen LogP contribution in [0.1, 0.15) is 226 Å². The number of allylic oxidation sites excluding steroid dienone is 3. The van der Waals surface area contributed by atoms with Gasteiger partial charge in [0.25, 0.3) is 0 Å². The minimum atomic E-state index is -4.78. The minimum absolute atomic E-state index is 0.253. The fourth-order valence-electron chi connectivity index (χ4n) is 6.52. The van der Waals surface area contributed by atoms with Gasteiger partial charge in [0.15, 0.2) is 6.10 Å². The molecule has 0 saturated heterocycles. The maximum atomic E-state index is 12.3. The lowest BCUT2D eigenvalue weighted by Crippen LogP contribution is -2.29. The van der Waals surface area contributed by atoms with Gasteiger partial charge in [-0.3, -0.25) is 9.32 Å². The van der Waals surface area contributed by atoms with Gasteiger partial charge in [-0.15, -0.1) is 0 Å². The zero-order valence-electron chi connectivity index (χ0n) is 34.4. The van der Waals surface area contributed by atoms with Gasteiger partial charge in [0, 0.05) is 12.5 Å². The Morgan fingerprint density at radius 1 is 0.528 bits per heavy atom. The summed E-state index contributed by atoms with van der Waals surface area (Å²) in [6.45, 7) is 3.62. The van der Waals surface area contributed by atoms with Crippen LogP contribution in [-0.4, -0.2) is 41.0 Å². The van der Waals surface area contributed by atoms with E-state index in [0.717, 1.165) is 32.1 Å². The van der Waals surface area contributed by atoms with Crippen molar-refractivity contribution in [2.24, 2.45) is 0 Å². The Bertz CT molecular complexity index is 915. The summed E-state index contributed by atoms with van der Waals surface area (Å²) in [6.07, 6.45) is 46.8. The molecule has 312 valence electrons. The Labute approximate surface area is 326 Å². The number of phosphoric acid groups is 1. The van der Waals surface area contributed by atoms with Crippen LogP contribution in [0.5, 0.6) is 0 Å². The van der Waals surface area contributed by atoms with E-state index < -0.39 is 32.5 Å². The highest BCUT2D eigenvalue weighted by Crippen LogP contribution is 2.36. The first-order chi connectivity index (χ1) is 25.8. The van der Waals surface area contributed by atoms with Crippen molar-refractivity contribution < 1.29 is 37.9 Å². The predicted octanol–water partition coefficient (Wildman–Crippen LogP) is 13.6. The number of rotatable bonds is 41. The number of esters is 2. The molecule has 0 spiro atoms. The molecule has 0 amide bonds. The quantitative estimate of drug-likeness (QED) is 0.0207. The molecule has 0 aromatic heterocycles. The van der Waals surface area contributed by atoms with Crippen LogP contribution >= 0.6 is 7.82 Å². The number of phosphoric ester groups is 1. The van der Waals surface area contributed by atoms with Crippen molar-refractivity contribution in [3.05, 3.63) is 24.3 Å². The molecule has 1 atom stereocenters. The van der Waals surface area contributed by atoms with Gasteiger partial charge in [-0.05, 0) is 19.3 Å². The second-order valence-corrected chi connectivity index (χ2v) is 16.3. The van der Waals surface area contributed by atoms with Gasteiger partial charge < -0.3 is 19.3 Å². The van der Waals surface area contributed by atoms with Crippen LogP contribution in [-0.2, 0) is 28.2 Å². The fourth-order valence-corrected chi connectivity index (χ4v) is 6.88. The number of unbranched alkanes of at least 4 members (excludes halogenated alkanes) is 30.